The fraction of sp³-hybridized carbons (Fsp3) is 0.917. The molecule has 17 heavy (non-hydrogen) atoms. The molecule has 2 unspecified atom stereocenters. The number of carbonyl (C=O) groups excluding carboxylic acids is 1. The molecular formula is C12H24O3S2. The van der Waals surface area contributed by atoms with Crippen molar-refractivity contribution >= 4 is 29.5 Å². The highest BCUT2D eigenvalue weighted by Gasteiger charge is 2.18. The van der Waals surface area contributed by atoms with Gasteiger partial charge in [-0.3, -0.25) is 4.79 Å². The number of rotatable bonds is 10. The van der Waals surface area contributed by atoms with Crippen LogP contribution in [0.4, 0.5) is 0 Å². The maximum absolute atomic E-state index is 11.0. The van der Waals surface area contributed by atoms with Crippen molar-refractivity contribution in [2.45, 2.75) is 42.6 Å². The number of aliphatic hydroxyl groups is 1. The number of esters is 1. The van der Waals surface area contributed by atoms with Crippen LogP contribution < -0.4 is 0 Å². The average Bonchev–Trinajstić information content (AvgIpc) is 2.36. The Bertz CT molecular complexity index is 200. The van der Waals surface area contributed by atoms with Gasteiger partial charge in [0.25, 0.3) is 0 Å². The molecule has 0 aliphatic rings. The SMILES string of the molecule is COC(=O)CCCCC(SC)C(CCO)SC. The predicted octanol–water partition coefficient (Wildman–Crippen LogP) is 2.57. The molecule has 3 nitrogen and oxygen atoms in total. The Morgan fingerprint density at radius 2 is 1.76 bits per heavy atom. The van der Waals surface area contributed by atoms with Crippen LogP contribution >= 0.6 is 23.5 Å². The van der Waals surface area contributed by atoms with Gasteiger partial charge in [0.05, 0.1) is 7.11 Å². The summed E-state index contributed by atoms with van der Waals surface area (Å²) < 4.78 is 4.61. The monoisotopic (exact) mass is 280 g/mol. The quantitative estimate of drug-likeness (QED) is 0.492. The van der Waals surface area contributed by atoms with Crippen molar-refractivity contribution in [3.8, 4) is 0 Å². The molecule has 0 heterocycles. The van der Waals surface area contributed by atoms with E-state index in [1.807, 2.05) is 23.5 Å². The topological polar surface area (TPSA) is 46.5 Å². The van der Waals surface area contributed by atoms with Gasteiger partial charge in [-0.2, -0.15) is 23.5 Å². The molecule has 0 aromatic heterocycles. The average molecular weight is 280 g/mol. The molecule has 0 bridgehead atoms. The van der Waals surface area contributed by atoms with Gasteiger partial charge in [-0.1, -0.05) is 6.42 Å². The van der Waals surface area contributed by atoms with Crippen molar-refractivity contribution < 1.29 is 14.6 Å². The molecule has 0 aliphatic carbocycles. The second-order valence-electron chi connectivity index (χ2n) is 3.88. The fourth-order valence-corrected chi connectivity index (χ4v) is 4.04. The second-order valence-corrected chi connectivity index (χ2v) is 6.04. The molecular weight excluding hydrogens is 256 g/mol. The molecule has 0 saturated carbocycles. The normalized spacial score (nSPS) is 14.4. The molecule has 2 atom stereocenters. The van der Waals surface area contributed by atoms with E-state index in [1.165, 1.54) is 7.11 Å². The van der Waals surface area contributed by atoms with E-state index >= 15 is 0 Å². The number of hydrogen-bond donors (Lipinski definition) is 1. The van der Waals surface area contributed by atoms with Crippen molar-refractivity contribution in [2.24, 2.45) is 0 Å². The lowest BCUT2D eigenvalue weighted by Gasteiger charge is -2.23. The third-order valence-corrected chi connectivity index (χ3v) is 5.29. The lowest BCUT2D eigenvalue weighted by Crippen LogP contribution is -2.21. The maximum atomic E-state index is 11.0. The first-order chi connectivity index (χ1) is 8.19. The van der Waals surface area contributed by atoms with Crippen LogP contribution in [0.3, 0.4) is 0 Å². The maximum Gasteiger partial charge on any atom is 0.305 e. The summed E-state index contributed by atoms with van der Waals surface area (Å²) in [6.45, 7) is 0.255. The summed E-state index contributed by atoms with van der Waals surface area (Å²) in [5, 5.41) is 10.1. The van der Waals surface area contributed by atoms with Crippen molar-refractivity contribution in [3.05, 3.63) is 0 Å². The Morgan fingerprint density at radius 3 is 2.24 bits per heavy atom. The van der Waals surface area contributed by atoms with E-state index in [2.05, 4.69) is 17.2 Å². The van der Waals surface area contributed by atoms with Crippen molar-refractivity contribution in [1.29, 1.82) is 0 Å². The number of thioether (sulfide) groups is 2. The third kappa shape index (κ3) is 7.95. The lowest BCUT2D eigenvalue weighted by molar-refractivity contribution is -0.140. The molecule has 102 valence electrons. The number of carbonyl (C=O) groups is 1. The molecule has 0 aliphatic heterocycles. The van der Waals surface area contributed by atoms with E-state index in [0.29, 0.717) is 16.9 Å². The highest BCUT2D eigenvalue weighted by Crippen LogP contribution is 2.28. The van der Waals surface area contributed by atoms with Gasteiger partial charge < -0.3 is 9.84 Å². The zero-order chi connectivity index (χ0) is 13.1. The van der Waals surface area contributed by atoms with E-state index in [0.717, 1.165) is 25.7 Å². The van der Waals surface area contributed by atoms with Crippen LogP contribution in [0.5, 0.6) is 0 Å². The summed E-state index contributed by atoms with van der Waals surface area (Å²) in [4.78, 5) is 11.0. The van der Waals surface area contributed by atoms with E-state index < -0.39 is 0 Å². The molecule has 0 radical (unpaired) electrons. The summed E-state index contributed by atoms with van der Waals surface area (Å²) in [5.41, 5.74) is 0. The van der Waals surface area contributed by atoms with Gasteiger partial charge in [-0.15, -0.1) is 0 Å². The van der Waals surface area contributed by atoms with Crippen LogP contribution in [0.25, 0.3) is 0 Å². The minimum Gasteiger partial charge on any atom is -0.469 e. The molecule has 0 saturated heterocycles. The predicted molar refractivity (Wildman–Crippen MR) is 76.8 cm³/mol. The minimum absolute atomic E-state index is 0.123. The summed E-state index contributed by atoms with van der Waals surface area (Å²) in [6, 6.07) is 0. The molecule has 5 heteroatoms. The third-order valence-electron chi connectivity index (χ3n) is 2.78. The minimum atomic E-state index is -0.123. The highest BCUT2D eigenvalue weighted by atomic mass is 32.2. The lowest BCUT2D eigenvalue weighted by atomic mass is 10.1. The van der Waals surface area contributed by atoms with E-state index in [9.17, 15) is 4.79 Å². The van der Waals surface area contributed by atoms with Crippen LogP contribution in [0, 0.1) is 0 Å². The standard InChI is InChI=1S/C12H24O3S2/c1-15-12(14)7-5-4-6-10(16-2)11(17-3)8-9-13/h10-11,13H,4-9H2,1-3H3. The van der Waals surface area contributed by atoms with Crippen LogP contribution in [0.2, 0.25) is 0 Å². The fourth-order valence-electron chi connectivity index (χ4n) is 1.76. The zero-order valence-corrected chi connectivity index (χ0v) is 12.6. The number of hydrogen-bond acceptors (Lipinski definition) is 5. The van der Waals surface area contributed by atoms with Gasteiger partial charge in [0.15, 0.2) is 0 Å². The molecule has 0 spiro atoms. The van der Waals surface area contributed by atoms with Crippen molar-refractivity contribution in [1.82, 2.24) is 0 Å². The Hall–Kier alpha value is 0.130. The molecule has 0 rings (SSSR count). The van der Waals surface area contributed by atoms with E-state index in [1.54, 1.807) is 0 Å². The Morgan fingerprint density at radius 1 is 1.18 bits per heavy atom. The summed E-state index contributed by atoms with van der Waals surface area (Å²) in [6.07, 6.45) is 8.62. The van der Waals surface area contributed by atoms with Gasteiger partial charge in [-0.05, 0) is 31.8 Å². The Kier molecular flexibility index (Phi) is 11.3. The number of unbranched alkanes of at least 4 members (excludes halogenated alkanes) is 1. The number of ether oxygens (including phenoxy) is 1. The first kappa shape index (κ1) is 17.1. The highest BCUT2D eigenvalue weighted by molar-refractivity contribution is 8.03. The van der Waals surface area contributed by atoms with Gasteiger partial charge in [0.1, 0.15) is 0 Å². The van der Waals surface area contributed by atoms with Gasteiger partial charge in [0.2, 0.25) is 0 Å². The van der Waals surface area contributed by atoms with Crippen LogP contribution in [0.15, 0.2) is 0 Å². The summed E-state index contributed by atoms with van der Waals surface area (Å²) in [7, 11) is 1.43. The second kappa shape index (κ2) is 11.2. The molecule has 1 N–H and O–H groups in total. The first-order valence-electron chi connectivity index (χ1n) is 5.92. The number of methoxy groups -OCH3 is 1. The van der Waals surface area contributed by atoms with E-state index in [-0.39, 0.29) is 12.6 Å². The van der Waals surface area contributed by atoms with Crippen LogP contribution in [0.1, 0.15) is 32.1 Å². The molecule has 0 fully saturated rings. The molecule has 0 amide bonds. The number of aliphatic hydroxyl groups excluding tert-OH is 1. The Balaban J connectivity index is 3.83. The van der Waals surface area contributed by atoms with Gasteiger partial charge in [-0.25, -0.2) is 0 Å². The van der Waals surface area contributed by atoms with Crippen molar-refractivity contribution in [2.75, 3.05) is 26.2 Å². The summed E-state index contributed by atoms with van der Waals surface area (Å²) in [5.74, 6) is -0.123. The van der Waals surface area contributed by atoms with Gasteiger partial charge >= 0.3 is 5.97 Å². The largest absolute Gasteiger partial charge is 0.469 e. The van der Waals surface area contributed by atoms with Gasteiger partial charge in [0, 0.05) is 23.5 Å². The van der Waals surface area contributed by atoms with Crippen LogP contribution in [-0.4, -0.2) is 47.8 Å². The van der Waals surface area contributed by atoms with E-state index in [4.69, 9.17) is 5.11 Å². The zero-order valence-electron chi connectivity index (χ0n) is 11.0. The van der Waals surface area contributed by atoms with Crippen LogP contribution in [-0.2, 0) is 9.53 Å². The summed E-state index contributed by atoms with van der Waals surface area (Å²) >= 11 is 3.68. The smallest absolute Gasteiger partial charge is 0.305 e. The van der Waals surface area contributed by atoms with Crippen molar-refractivity contribution in [3.63, 3.8) is 0 Å². The Labute approximate surface area is 113 Å². The molecule has 0 aromatic rings. The first-order valence-corrected chi connectivity index (χ1v) is 8.50. The molecule has 0 aromatic carbocycles.